The molecule has 0 saturated carbocycles. The second-order valence-corrected chi connectivity index (χ2v) is 7.36. The van der Waals surface area contributed by atoms with Crippen molar-refractivity contribution in [3.05, 3.63) is 30.1 Å². The van der Waals surface area contributed by atoms with Crippen LogP contribution < -0.4 is 5.14 Å². The molecule has 1 fully saturated rings. The molecule has 7 nitrogen and oxygen atoms in total. The number of hydrogen-bond acceptors (Lipinski definition) is 4. The maximum Gasteiger partial charge on any atom is 0.222 e. The number of nitrogens with two attached hydrogens (primary N) is 1. The molecule has 118 valence electrons. The molecule has 1 aliphatic rings. The van der Waals surface area contributed by atoms with Crippen molar-refractivity contribution in [2.24, 2.45) is 11.1 Å². The molecule has 0 aliphatic carbocycles. The first-order chi connectivity index (χ1) is 10.4. The Kier molecular flexibility index (Phi) is 3.88. The lowest BCUT2D eigenvalue weighted by Gasteiger charge is -2.16. The Bertz CT molecular complexity index is 799. The van der Waals surface area contributed by atoms with Crippen molar-refractivity contribution in [2.45, 2.75) is 12.8 Å². The molecule has 0 aromatic carbocycles. The molecule has 3 rings (SSSR count). The number of rotatable bonds is 5. The molecule has 1 aliphatic heterocycles. The number of aromatic amines is 1. The van der Waals surface area contributed by atoms with Gasteiger partial charge in [-0.3, -0.25) is 4.79 Å². The highest BCUT2D eigenvalue weighted by Crippen LogP contribution is 2.21. The first-order valence-electron chi connectivity index (χ1n) is 7.11. The Morgan fingerprint density at radius 2 is 2.27 bits per heavy atom. The van der Waals surface area contributed by atoms with Gasteiger partial charge in [0.05, 0.1) is 5.75 Å². The number of amides is 1. The van der Waals surface area contributed by atoms with Crippen molar-refractivity contribution >= 4 is 27.0 Å². The summed E-state index contributed by atoms with van der Waals surface area (Å²) in [5.74, 6) is -0.342. The molecular formula is C14H18N4O3S. The third-order valence-electron chi connectivity index (χ3n) is 3.95. The lowest BCUT2D eigenvalue weighted by Crippen LogP contribution is -2.29. The van der Waals surface area contributed by atoms with Crippen molar-refractivity contribution in [1.82, 2.24) is 14.9 Å². The minimum absolute atomic E-state index is 0.00776. The monoisotopic (exact) mass is 322 g/mol. The Morgan fingerprint density at radius 1 is 1.45 bits per heavy atom. The van der Waals surface area contributed by atoms with Gasteiger partial charge < -0.3 is 9.88 Å². The molecule has 1 amide bonds. The SMILES string of the molecule is NS(=O)(=O)CC1CC(=O)N(CCc2c[nH]c3ncccc23)C1. The molecule has 0 radical (unpaired) electrons. The highest BCUT2D eigenvalue weighted by atomic mass is 32.2. The van der Waals surface area contributed by atoms with Gasteiger partial charge >= 0.3 is 0 Å². The van der Waals surface area contributed by atoms with Crippen LogP contribution in [0.1, 0.15) is 12.0 Å². The molecule has 2 aromatic heterocycles. The van der Waals surface area contributed by atoms with Gasteiger partial charge in [0.15, 0.2) is 0 Å². The molecule has 8 heteroatoms. The summed E-state index contributed by atoms with van der Waals surface area (Å²) < 4.78 is 22.3. The van der Waals surface area contributed by atoms with Crippen molar-refractivity contribution in [3.8, 4) is 0 Å². The summed E-state index contributed by atoms with van der Waals surface area (Å²) in [6.07, 6.45) is 4.59. The average molecular weight is 322 g/mol. The van der Waals surface area contributed by atoms with Gasteiger partial charge in [0.25, 0.3) is 0 Å². The van der Waals surface area contributed by atoms with Crippen LogP contribution in [0, 0.1) is 5.92 Å². The highest BCUT2D eigenvalue weighted by molar-refractivity contribution is 7.89. The quantitative estimate of drug-likeness (QED) is 0.822. The zero-order chi connectivity index (χ0) is 15.7. The summed E-state index contributed by atoms with van der Waals surface area (Å²) in [6.45, 7) is 1.03. The first-order valence-corrected chi connectivity index (χ1v) is 8.83. The summed E-state index contributed by atoms with van der Waals surface area (Å²) in [5.41, 5.74) is 1.93. The number of carbonyl (C=O) groups excluding carboxylic acids is 1. The van der Waals surface area contributed by atoms with Gasteiger partial charge in [-0.2, -0.15) is 0 Å². The Balaban J connectivity index is 1.63. The molecule has 22 heavy (non-hydrogen) atoms. The summed E-state index contributed by atoms with van der Waals surface area (Å²) >= 11 is 0. The number of pyridine rings is 1. The number of nitrogens with zero attached hydrogens (tertiary/aromatic N) is 2. The van der Waals surface area contributed by atoms with E-state index in [4.69, 9.17) is 5.14 Å². The second-order valence-electron chi connectivity index (χ2n) is 5.70. The predicted molar refractivity (Wildman–Crippen MR) is 82.5 cm³/mol. The van der Waals surface area contributed by atoms with Crippen molar-refractivity contribution < 1.29 is 13.2 Å². The van der Waals surface area contributed by atoms with Gasteiger partial charge in [0.2, 0.25) is 15.9 Å². The summed E-state index contributed by atoms with van der Waals surface area (Å²) in [7, 11) is -3.53. The van der Waals surface area contributed by atoms with Crippen LogP contribution >= 0.6 is 0 Å². The van der Waals surface area contributed by atoms with Gasteiger partial charge in [-0.25, -0.2) is 18.5 Å². The van der Waals surface area contributed by atoms with Crippen LogP contribution in [0.5, 0.6) is 0 Å². The van der Waals surface area contributed by atoms with Crippen LogP contribution in [0.4, 0.5) is 0 Å². The fourth-order valence-corrected chi connectivity index (χ4v) is 3.87. The van der Waals surface area contributed by atoms with Crippen molar-refractivity contribution in [2.75, 3.05) is 18.8 Å². The van der Waals surface area contributed by atoms with Crippen molar-refractivity contribution in [1.29, 1.82) is 0 Å². The van der Waals surface area contributed by atoms with E-state index in [1.165, 1.54) is 0 Å². The normalized spacial score (nSPS) is 19.2. The van der Waals surface area contributed by atoms with Gasteiger partial charge in [0.1, 0.15) is 5.65 Å². The largest absolute Gasteiger partial charge is 0.346 e. The maximum atomic E-state index is 12.0. The van der Waals surface area contributed by atoms with E-state index < -0.39 is 10.0 Å². The molecule has 1 unspecified atom stereocenters. The fraction of sp³-hybridized carbons (Fsp3) is 0.429. The Morgan fingerprint density at radius 3 is 3.05 bits per heavy atom. The molecule has 2 aromatic rings. The van der Waals surface area contributed by atoms with Gasteiger partial charge in [0, 0.05) is 43.2 Å². The van der Waals surface area contributed by atoms with Crippen LogP contribution in [0.15, 0.2) is 24.5 Å². The zero-order valence-electron chi connectivity index (χ0n) is 12.0. The number of hydrogen-bond donors (Lipinski definition) is 2. The number of carbonyl (C=O) groups is 1. The van der Waals surface area contributed by atoms with E-state index in [0.29, 0.717) is 19.5 Å². The maximum absolute atomic E-state index is 12.0. The van der Waals surface area contributed by atoms with Crippen LogP contribution in [-0.2, 0) is 21.2 Å². The second kappa shape index (κ2) is 5.69. The van der Waals surface area contributed by atoms with Crippen LogP contribution in [0.3, 0.4) is 0 Å². The minimum Gasteiger partial charge on any atom is -0.346 e. The van der Waals surface area contributed by atoms with E-state index in [2.05, 4.69) is 9.97 Å². The number of fused-ring (bicyclic) bond motifs is 1. The molecule has 3 N–H and O–H groups in total. The number of nitrogens with one attached hydrogen (secondary N) is 1. The average Bonchev–Trinajstić information content (AvgIpc) is 2.98. The first kappa shape index (κ1) is 15.0. The molecule has 0 bridgehead atoms. The summed E-state index contributed by atoms with van der Waals surface area (Å²) in [4.78, 5) is 21.0. The third kappa shape index (κ3) is 3.28. The standard InChI is InChI=1S/C14H18N4O3S/c15-22(20,21)9-10-6-13(19)18(8-10)5-3-11-7-17-14-12(11)2-1-4-16-14/h1-2,4,7,10H,3,5-6,8-9H2,(H,16,17)(H2,15,20,21). The van der Waals surface area contributed by atoms with Gasteiger partial charge in [-0.05, 0) is 24.1 Å². The molecule has 0 spiro atoms. The van der Waals surface area contributed by atoms with E-state index in [9.17, 15) is 13.2 Å². The van der Waals surface area contributed by atoms with Crippen LogP contribution in [-0.4, -0.2) is 48.0 Å². The Labute approximate surface area is 128 Å². The van der Waals surface area contributed by atoms with Crippen molar-refractivity contribution in [3.63, 3.8) is 0 Å². The van der Waals surface area contributed by atoms with E-state index in [0.717, 1.165) is 16.6 Å². The number of likely N-dealkylation sites (tertiary alicyclic amines) is 1. The predicted octanol–water partition coefficient (Wildman–Crippen LogP) is 0.242. The smallest absolute Gasteiger partial charge is 0.222 e. The molecule has 1 atom stereocenters. The topological polar surface area (TPSA) is 109 Å². The zero-order valence-corrected chi connectivity index (χ0v) is 12.8. The van der Waals surface area contributed by atoms with Gasteiger partial charge in [-0.15, -0.1) is 0 Å². The van der Waals surface area contributed by atoms with E-state index in [1.807, 2.05) is 18.3 Å². The minimum atomic E-state index is -3.53. The van der Waals surface area contributed by atoms with Gasteiger partial charge in [-0.1, -0.05) is 0 Å². The van der Waals surface area contributed by atoms with Crippen LogP contribution in [0.25, 0.3) is 11.0 Å². The molecular weight excluding hydrogens is 304 g/mol. The lowest BCUT2D eigenvalue weighted by molar-refractivity contribution is -0.127. The number of H-pyrrole nitrogens is 1. The third-order valence-corrected chi connectivity index (χ3v) is 4.89. The lowest BCUT2D eigenvalue weighted by atomic mass is 10.1. The fourth-order valence-electron chi connectivity index (χ4n) is 2.99. The summed E-state index contributed by atoms with van der Waals surface area (Å²) in [5, 5.41) is 6.10. The molecule has 3 heterocycles. The van der Waals surface area contributed by atoms with E-state index >= 15 is 0 Å². The number of sulfonamides is 1. The van der Waals surface area contributed by atoms with Crippen LogP contribution in [0.2, 0.25) is 0 Å². The molecule has 1 saturated heterocycles. The van der Waals surface area contributed by atoms with E-state index in [1.54, 1.807) is 11.1 Å². The number of aromatic nitrogens is 2. The number of primary sulfonamides is 1. The summed E-state index contributed by atoms with van der Waals surface area (Å²) in [6, 6.07) is 3.87. The van der Waals surface area contributed by atoms with E-state index in [-0.39, 0.29) is 24.0 Å². The highest BCUT2D eigenvalue weighted by Gasteiger charge is 2.31. The Hall–Kier alpha value is -1.93.